The van der Waals surface area contributed by atoms with Crippen LogP contribution in [0.2, 0.25) is 0 Å². The zero-order valence-corrected chi connectivity index (χ0v) is 16.8. The van der Waals surface area contributed by atoms with Gasteiger partial charge in [-0.3, -0.25) is 0 Å². The summed E-state index contributed by atoms with van der Waals surface area (Å²) < 4.78 is 125. The molecule has 0 saturated carbocycles. The number of imidazole rings is 1. The van der Waals surface area contributed by atoms with Crippen molar-refractivity contribution in [3.63, 3.8) is 0 Å². The summed E-state index contributed by atoms with van der Waals surface area (Å²) in [7, 11) is -11.6. The van der Waals surface area contributed by atoms with E-state index in [1.807, 2.05) is 6.92 Å². The van der Waals surface area contributed by atoms with Gasteiger partial charge >= 0.3 is 35.8 Å². The topological polar surface area (TPSA) is 77.1 Å². The third-order valence-electron chi connectivity index (χ3n) is 4.01. The molecule has 28 heavy (non-hydrogen) atoms. The second kappa shape index (κ2) is 8.59. The van der Waals surface area contributed by atoms with Gasteiger partial charge in [-0.05, 0) is 12.8 Å². The van der Waals surface area contributed by atoms with Gasteiger partial charge in [0.1, 0.15) is 0 Å². The second-order valence-corrected chi connectivity index (χ2v) is 9.89. The van der Waals surface area contributed by atoms with Crippen molar-refractivity contribution in [2.45, 2.75) is 73.2 Å². The lowest BCUT2D eigenvalue weighted by Crippen LogP contribution is -2.42. The van der Waals surface area contributed by atoms with Gasteiger partial charge < -0.3 is 0 Å². The molecule has 0 spiro atoms. The van der Waals surface area contributed by atoms with Crippen molar-refractivity contribution >= 4 is 19.7 Å². The third-order valence-corrected chi connectivity index (χ3v) is 7.15. The highest BCUT2D eigenvalue weighted by Gasteiger charge is 2.58. The Bertz CT molecular complexity index is 886. The van der Waals surface area contributed by atoms with E-state index in [0.717, 1.165) is 19.3 Å². The predicted molar refractivity (Wildman–Crippen MR) is 85.5 cm³/mol. The SMILES string of the molecule is CCCCCCCC[n+]1cc(S(=O)(=O)C(F)(F)F)n(C)c1S(=O)(=O)C(F)(F)F. The minimum Gasteiger partial charge on any atom is -0.219 e. The molecular formula is C14H21F6N2O4S2+. The largest absolute Gasteiger partial charge is 0.509 e. The Kier molecular flexibility index (Phi) is 7.59. The number of halogens is 6. The van der Waals surface area contributed by atoms with Crippen LogP contribution < -0.4 is 4.57 Å². The molecule has 0 aromatic carbocycles. The molecule has 14 heteroatoms. The average molecular weight is 459 g/mol. The maximum atomic E-state index is 13.0. The Morgan fingerprint density at radius 2 is 1.32 bits per heavy atom. The fourth-order valence-corrected chi connectivity index (χ4v) is 4.72. The Morgan fingerprint density at radius 1 is 0.857 bits per heavy atom. The molecule has 0 unspecified atom stereocenters. The number of hydrogen-bond donors (Lipinski definition) is 0. The molecule has 0 bridgehead atoms. The summed E-state index contributed by atoms with van der Waals surface area (Å²) >= 11 is 0. The molecular weight excluding hydrogens is 438 g/mol. The van der Waals surface area contributed by atoms with E-state index in [9.17, 15) is 43.2 Å². The summed E-state index contributed by atoms with van der Waals surface area (Å²) in [6.07, 6.45) is 4.38. The van der Waals surface area contributed by atoms with Crippen LogP contribution in [0.3, 0.4) is 0 Å². The maximum absolute atomic E-state index is 13.0. The number of sulfone groups is 2. The summed E-state index contributed by atoms with van der Waals surface area (Å²) in [5, 5.41) is -3.13. The Labute approximate surface area is 159 Å². The van der Waals surface area contributed by atoms with Gasteiger partial charge in [0.05, 0.1) is 13.6 Å². The van der Waals surface area contributed by atoms with E-state index in [1.165, 1.54) is 0 Å². The highest BCUT2D eigenvalue weighted by Crippen LogP contribution is 2.33. The highest BCUT2D eigenvalue weighted by atomic mass is 32.2. The fraction of sp³-hybridized carbons (Fsp3) is 0.786. The highest BCUT2D eigenvalue weighted by molar-refractivity contribution is 7.92. The van der Waals surface area contributed by atoms with E-state index < -0.39 is 40.9 Å². The van der Waals surface area contributed by atoms with Gasteiger partial charge in [-0.25, -0.2) is 26.0 Å². The van der Waals surface area contributed by atoms with Crippen molar-refractivity contribution in [2.24, 2.45) is 7.05 Å². The molecule has 0 aliphatic carbocycles. The van der Waals surface area contributed by atoms with Gasteiger partial charge in [0, 0.05) is 0 Å². The van der Waals surface area contributed by atoms with Crippen LogP contribution >= 0.6 is 0 Å². The number of rotatable bonds is 9. The molecule has 1 rings (SSSR count). The van der Waals surface area contributed by atoms with E-state index in [1.54, 1.807) is 0 Å². The van der Waals surface area contributed by atoms with E-state index in [-0.39, 0.29) is 23.7 Å². The van der Waals surface area contributed by atoms with Gasteiger partial charge in [0.25, 0.3) is 5.03 Å². The number of aryl methyl sites for hydroxylation is 1. The first-order chi connectivity index (χ1) is 12.6. The normalized spacial score (nSPS) is 13.9. The molecule has 0 aliphatic rings. The predicted octanol–water partition coefficient (Wildman–Crippen LogP) is 3.26. The minimum absolute atomic E-state index is 0.0945. The van der Waals surface area contributed by atoms with Crippen molar-refractivity contribution < 1.29 is 47.7 Å². The molecule has 0 aliphatic heterocycles. The minimum atomic E-state index is -6.08. The van der Waals surface area contributed by atoms with Gasteiger partial charge in [-0.1, -0.05) is 32.6 Å². The quantitative estimate of drug-likeness (QED) is 0.323. The molecule has 0 N–H and O–H groups in total. The van der Waals surface area contributed by atoms with Crippen LogP contribution in [0.1, 0.15) is 45.4 Å². The number of alkyl halides is 6. The molecule has 164 valence electrons. The number of nitrogens with zero attached hydrogens (tertiary/aromatic N) is 2. The lowest BCUT2D eigenvalue weighted by molar-refractivity contribution is -0.735. The van der Waals surface area contributed by atoms with Crippen LogP contribution in [0.5, 0.6) is 0 Å². The molecule has 0 amide bonds. The van der Waals surface area contributed by atoms with Crippen molar-refractivity contribution in [2.75, 3.05) is 0 Å². The number of hydrogen-bond acceptors (Lipinski definition) is 4. The molecule has 6 nitrogen and oxygen atoms in total. The monoisotopic (exact) mass is 459 g/mol. The van der Waals surface area contributed by atoms with Crippen molar-refractivity contribution in [3.05, 3.63) is 6.20 Å². The van der Waals surface area contributed by atoms with Crippen LogP contribution in [0, 0.1) is 0 Å². The summed E-state index contributed by atoms with van der Waals surface area (Å²) in [6, 6.07) is 0. The van der Waals surface area contributed by atoms with Gasteiger partial charge in [-0.15, -0.1) is 0 Å². The van der Waals surface area contributed by atoms with Crippen LogP contribution in [0.15, 0.2) is 16.4 Å². The zero-order valence-electron chi connectivity index (χ0n) is 15.1. The van der Waals surface area contributed by atoms with Crippen LogP contribution in [0.25, 0.3) is 0 Å². The first kappa shape index (κ1) is 24.7. The van der Waals surface area contributed by atoms with E-state index >= 15 is 0 Å². The second-order valence-electron chi connectivity index (χ2n) is 6.17. The van der Waals surface area contributed by atoms with Crippen LogP contribution in [0.4, 0.5) is 26.3 Å². The number of unbranched alkanes of at least 4 members (excludes halogenated alkanes) is 5. The van der Waals surface area contributed by atoms with Crippen molar-refractivity contribution in [1.82, 2.24) is 4.57 Å². The summed E-state index contributed by atoms with van der Waals surface area (Å²) in [5.41, 5.74) is -11.6. The fourth-order valence-electron chi connectivity index (χ4n) is 2.59. The molecule has 0 radical (unpaired) electrons. The van der Waals surface area contributed by atoms with Crippen LogP contribution in [-0.2, 0) is 33.3 Å². The zero-order chi connectivity index (χ0) is 22.0. The molecule has 1 heterocycles. The van der Waals surface area contributed by atoms with E-state index in [0.29, 0.717) is 24.5 Å². The molecule has 0 fully saturated rings. The Hall–Kier alpha value is -1.31. The van der Waals surface area contributed by atoms with Crippen molar-refractivity contribution in [3.8, 4) is 0 Å². The summed E-state index contributed by atoms with van der Waals surface area (Å²) in [4.78, 5) is 0. The first-order valence-corrected chi connectivity index (χ1v) is 11.3. The van der Waals surface area contributed by atoms with Gasteiger partial charge in [-0.2, -0.15) is 26.3 Å². The molecule has 0 saturated heterocycles. The molecule has 1 aromatic rings. The van der Waals surface area contributed by atoms with Gasteiger partial charge in [0.15, 0.2) is 6.20 Å². The van der Waals surface area contributed by atoms with Crippen molar-refractivity contribution in [1.29, 1.82) is 0 Å². The lowest BCUT2D eigenvalue weighted by atomic mass is 10.1. The Balaban J connectivity index is 3.40. The summed E-state index contributed by atoms with van der Waals surface area (Å²) in [5.74, 6) is 0. The standard InChI is InChI=1S/C14H21F6N2O4S2/c1-3-4-5-6-7-8-9-22-10-11(27(23,24)13(15,16)17)21(2)12(22)28(25,26)14(18,19)20/h10H,3-9H2,1-2H3/q+1. The van der Waals surface area contributed by atoms with Crippen LogP contribution in [-0.4, -0.2) is 32.4 Å². The average Bonchev–Trinajstić information content (AvgIpc) is 2.86. The third kappa shape index (κ3) is 4.99. The smallest absolute Gasteiger partial charge is 0.219 e. The maximum Gasteiger partial charge on any atom is 0.509 e. The summed E-state index contributed by atoms with van der Waals surface area (Å²) in [6.45, 7) is 1.59. The van der Waals surface area contributed by atoms with Gasteiger partial charge in [0.2, 0.25) is 0 Å². The molecule has 0 atom stereocenters. The van der Waals surface area contributed by atoms with E-state index in [4.69, 9.17) is 0 Å². The first-order valence-electron chi connectivity index (χ1n) is 8.31. The Morgan fingerprint density at radius 3 is 1.79 bits per heavy atom. The molecule has 1 aromatic heterocycles. The lowest BCUT2D eigenvalue weighted by Gasteiger charge is -2.08. The number of aromatic nitrogens is 2. The van der Waals surface area contributed by atoms with E-state index in [2.05, 4.69) is 0 Å².